The molecule has 0 radical (unpaired) electrons. The summed E-state index contributed by atoms with van der Waals surface area (Å²) in [6, 6.07) is 8.71. The Morgan fingerprint density at radius 1 is 1.06 bits per heavy atom. The van der Waals surface area contributed by atoms with E-state index in [-0.39, 0.29) is 36.2 Å². The van der Waals surface area contributed by atoms with Gasteiger partial charge in [0.15, 0.2) is 0 Å². The van der Waals surface area contributed by atoms with Gasteiger partial charge in [-0.15, -0.1) is 0 Å². The number of amides is 3. The van der Waals surface area contributed by atoms with Gasteiger partial charge in [-0.1, -0.05) is 56.3 Å². The summed E-state index contributed by atoms with van der Waals surface area (Å²) in [4.78, 5) is 39.4. The number of aliphatic hydroxyl groups is 1. The van der Waals surface area contributed by atoms with E-state index in [9.17, 15) is 19.5 Å². The van der Waals surface area contributed by atoms with Crippen LogP contribution in [0.4, 0.5) is 0 Å². The van der Waals surface area contributed by atoms with E-state index in [0.717, 1.165) is 18.4 Å². The van der Waals surface area contributed by atoms with Crippen molar-refractivity contribution in [2.45, 2.75) is 77.3 Å². The van der Waals surface area contributed by atoms with Crippen LogP contribution in [0.5, 0.6) is 0 Å². The second-order valence-corrected chi connectivity index (χ2v) is 10.6. The first-order valence-electron chi connectivity index (χ1n) is 13.0. The van der Waals surface area contributed by atoms with Crippen LogP contribution in [0, 0.1) is 17.3 Å². The molecule has 0 bridgehead atoms. The summed E-state index contributed by atoms with van der Waals surface area (Å²) in [5, 5.41) is 19.0. The van der Waals surface area contributed by atoms with E-state index in [1.165, 1.54) is 0 Å². The minimum atomic E-state index is -0.688. The molecule has 35 heavy (non-hydrogen) atoms. The minimum Gasteiger partial charge on any atom is -0.394 e. The third-order valence-electron chi connectivity index (χ3n) is 7.21. The lowest BCUT2D eigenvalue weighted by Crippen LogP contribution is -2.53. The molecule has 7 nitrogen and oxygen atoms in total. The molecule has 3 rings (SSSR count). The molecule has 4 atom stereocenters. The topological polar surface area (TPSA) is 108 Å². The van der Waals surface area contributed by atoms with E-state index in [2.05, 4.69) is 28.1 Å². The molecule has 4 N–H and O–H groups in total. The van der Waals surface area contributed by atoms with Crippen molar-refractivity contribution >= 4 is 17.7 Å². The van der Waals surface area contributed by atoms with Gasteiger partial charge < -0.3 is 21.1 Å². The highest BCUT2D eigenvalue weighted by molar-refractivity contribution is 5.89. The Morgan fingerprint density at radius 3 is 2.49 bits per heavy atom. The molecular weight excluding hydrogens is 442 g/mol. The largest absolute Gasteiger partial charge is 0.394 e. The number of aliphatic hydroxyl groups excluding tert-OH is 1. The number of hydrogen-bond donors (Lipinski definition) is 4. The van der Waals surface area contributed by atoms with Crippen molar-refractivity contribution in [2.75, 3.05) is 13.2 Å². The van der Waals surface area contributed by atoms with Crippen molar-refractivity contribution < 1.29 is 19.5 Å². The number of allylic oxidation sites excluding steroid dienone is 2. The molecule has 7 heteroatoms. The Kier molecular flexibility index (Phi) is 9.90. The molecule has 1 aromatic carbocycles. The zero-order chi connectivity index (χ0) is 25.3. The zero-order valence-corrected chi connectivity index (χ0v) is 21.1. The average Bonchev–Trinajstić information content (AvgIpc) is 3.18. The Morgan fingerprint density at radius 2 is 1.83 bits per heavy atom. The van der Waals surface area contributed by atoms with Crippen LogP contribution in [-0.4, -0.2) is 48.1 Å². The zero-order valence-electron chi connectivity index (χ0n) is 21.1. The van der Waals surface area contributed by atoms with Gasteiger partial charge in [-0.3, -0.25) is 14.4 Å². The smallest absolute Gasteiger partial charge is 0.242 e. The highest BCUT2D eigenvalue weighted by Crippen LogP contribution is 2.36. The Bertz CT molecular complexity index is 885. The molecule has 1 fully saturated rings. The monoisotopic (exact) mass is 483 g/mol. The van der Waals surface area contributed by atoms with Gasteiger partial charge in [0.1, 0.15) is 6.04 Å². The summed E-state index contributed by atoms with van der Waals surface area (Å²) >= 11 is 0. The van der Waals surface area contributed by atoms with Gasteiger partial charge in [0.25, 0.3) is 0 Å². The number of carbonyl (C=O) groups excluding carboxylic acids is 3. The number of benzene rings is 1. The lowest BCUT2D eigenvalue weighted by molar-refractivity contribution is -0.132. The van der Waals surface area contributed by atoms with E-state index in [0.29, 0.717) is 45.1 Å². The molecule has 1 saturated heterocycles. The van der Waals surface area contributed by atoms with Crippen molar-refractivity contribution in [1.29, 1.82) is 0 Å². The van der Waals surface area contributed by atoms with Crippen molar-refractivity contribution in [2.24, 2.45) is 17.3 Å². The predicted octanol–water partition coefficient (Wildman–Crippen LogP) is 2.88. The summed E-state index contributed by atoms with van der Waals surface area (Å²) in [6.45, 7) is 4.38. The number of hydrogen-bond acceptors (Lipinski definition) is 4. The van der Waals surface area contributed by atoms with Crippen LogP contribution < -0.4 is 16.0 Å². The lowest BCUT2D eigenvalue weighted by Gasteiger charge is -2.31. The van der Waals surface area contributed by atoms with E-state index in [1.807, 2.05) is 44.2 Å². The van der Waals surface area contributed by atoms with E-state index >= 15 is 0 Å². The highest BCUT2D eigenvalue weighted by Gasteiger charge is 2.43. The Labute approximate surface area is 209 Å². The second-order valence-electron chi connectivity index (χ2n) is 10.6. The van der Waals surface area contributed by atoms with Crippen LogP contribution >= 0.6 is 0 Å². The lowest BCUT2D eigenvalue weighted by atomic mass is 9.77. The quantitative estimate of drug-likeness (QED) is 0.483. The molecule has 192 valence electrons. The van der Waals surface area contributed by atoms with Crippen LogP contribution in [-0.2, 0) is 20.8 Å². The maximum atomic E-state index is 13.4. The molecule has 2 aliphatic rings. The van der Waals surface area contributed by atoms with Crippen LogP contribution in [0.3, 0.4) is 0 Å². The molecule has 1 aromatic rings. The molecule has 2 heterocycles. The summed E-state index contributed by atoms with van der Waals surface area (Å²) in [5.74, 6) is -0.471. The van der Waals surface area contributed by atoms with Crippen LogP contribution in [0.2, 0.25) is 0 Å². The number of rotatable bonds is 5. The van der Waals surface area contributed by atoms with Crippen LogP contribution in [0.15, 0.2) is 42.5 Å². The first-order chi connectivity index (χ1) is 16.8. The Hall–Kier alpha value is -2.67. The van der Waals surface area contributed by atoms with Gasteiger partial charge in [-0.2, -0.15) is 0 Å². The first-order valence-corrected chi connectivity index (χ1v) is 13.0. The van der Waals surface area contributed by atoms with E-state index in [4.69, 9.17) is 0 Å². The summed E-state index contributed by atoms with van der Waals surface area (Å²) in [5.41, 5.74) is 0.463. The van der Waals surface area contributed by atoms with Crippen LogP contribution in [0.25, 0.3) is 0 Å². The second kappa shape index (κ2) is 12.9. The fraction of sp³-hybridized carbons (Fsp3) is 0.607. The molecule has 0 saturated carbocycles. The highest BCUT2D eigenvalue weighted by atomic mass is 16.3. The molecule has 3 amide bonds. The molecule has 0 aromatic heterocycles. The van der Waals surface area contributed by atoms with Crippen molar-refractivity contribution in [3.63, 3.8) is 0 Å². The van der Waals surface area contributed by atoms with Gasteiger partial charge in [-0.05, 0) is 62.8 Å². The third-order valence-corrected chi connectivity index (χ3v) is 7.21. The molecule has 0 aliphatic carbocycles. The van der Waals surface area contributed by atoms with Crippen molar-refractivity contribution in [3.05, 3.63) is 48.0 Å². The van der Waals surface area contributed by atoms with Crippen molar-refractivity contribution in [1.82, 2.24) is 16.0 Å². The fourth-order valence-electron chi connectivity index (χ4n) is 5.25. The SMILES string of the molecule is CC(C)C[C@@H]1NC(=O)C(Cc2ccccc2)CCC/C=C\CC2(CCNC2=O)C[C@@H](CO)NC1=O. The van der Waals surface area contributed by atoms with Gasteiger partial charge in [0, 0.05) is 12.5 Å². The minimum absolute atomic E-state index is 0.0193. The fourth-order valence-corrected chi connectivity index (χ4v) is 5.25. The van der Waals surface area contributed by atoms with Gasteiger partial charge in [0.05, 0.1) is 18.1 Å². The third kappa shape index (κ3) is 7.66. The number of carbonyl (C=O) groups is 3. The van der Waals surface area contributed by atoms with E-state index in [1.54, 1.807) is 0 Å². The summed E-state index contributed by atoms with van der Waals surface area (Å²) < 4.78 is 0. The normalized spacial score (nSPS) is 29.7. The van der Waals surface area contributed by atoms with Gasteiger partial charge in [-0.25, -0.2) is 0 Å². The molecule has 2 aliphatic heterocycles. The van der Waals surface area contributed by atoms with Gasteiger partial charge >= 0.3 is 0 Å². The maximum Gasteiger partial charge on any atom is 0.242 e. The average molecular weight is 484 g/mol. The summed E-state index contributed by atoms with van der Waals surface area (Å²) in [7, 11) is 0. The first kappa shape index (κ1) is 26.9. The number of nitrogens with one attached hydrogen (secondary N) is 3. The van der Waals surface area contributed by atoms with Crippen molar-refractivity contribution in [3.8, 4) is 0 Å². The maximum absolute atomic E-state index is 13.4. The Balaban J connectivity index is 1.85. The van der Waals surface area contributed by atoms with Gasteiger partial charge in [0.2, 0.25) is 17.7 Å². The van der Waals surface area contributed by atoms with Crippen LogP contribution in [0.1, 0.15) is 64.4 Å². The standard InChI is InChI=1S/C28H41N3O4/c1-20(2)16-24-26(34)30-23(19-32)18-28(14-15-29-27(28)35)13-9-4-3-8-12-22(25(33)31-24)17-21-10-6-5-7-11-21/h4-7,9-11,20,22-24,32H,3,8,12-19H2,1-2H3,(H,29,35)(H,30,34)(H,31,33)/b9-4-/t22?,23-,24-,28?/m0/s1. The molecular formula is C28H41N3O4. The summed E-state index contributed by atoms with van der Waals surface area (Å²) in [6.07, 6.45) is 9.27. The molecule has 1 spiro atoms. The molecule has 2 unspecified atom stereocenters. The predicted molar refractivity (Wildman–Crippen MR) is 136 cm³/mol. The van der Waals surface area contributed by atoms with E-state index < -0.39 is 17.5 Å².